The average molecular weight is 434 g/mol. The number of aromatic amines is 1. The molecule has 3 aromatic rings. The summed E-state index contributed by atoms with van der Waals surface area (Å²) in [7, 11) is 0. The van der Waals surface area contributed by atoms with Crippen LogP contribution < -0.4 is 10.1 Å². The molecule has 0 aromatic carbocycles. The molecule has 1 unspecified atom stereocenters. The Balaban J connectivity index is 1.57. The van der Waals surface area contributed by atoms with E-state index in [0.717, 1.165) is 37.1 Å². The third-order valence-electron chi connectivity index (χ3n) is 5.30. The standard InChI is InChI=1S/C19H27N7O3S/c1-3-8-29-18-15(14-9-20-21-10-14)4-5-17-23-19(24-26(17)18)22-16-6-7-25(11-13(16)2)12-30(27)28/h4-5,9-10,13,16H,3,6-8,11-12H2,1-2H3,(H,20,21)(H,22,24)(H,27,28)/t13-,16+/m1/s1. The smallest absolute Gasteiger partial charge is 0.243 e. The van der Waals surface area contributed by atoms with Gasteiger partial charge in [-0.3, -0.25) is 10.00 Å². The van der Waals surface area contributed by atoms with Crippen LogP contribution in [0.15, 0.2) is 24.5 Å². The number of hydrogen-bond acceptors (Lipinski definition) is 7. The van der Waals surface area contributed by atoms with Crippen LogP contribution in [0, 0.1) is 5.92 Å². The van der Waals surface area contributed by atoms with Crippen LogP contribution >= 0.6 is 0 Å². The van der Waals surface area contributed by atoms with E-state index in [1.54, 1.807) is 10.7 Å². The number of fused-ring (bicyclic) bond motifs is 1. The van der Waals surface area contributed by atoms with Gasteiger partial charge in [0.1, 0.15) is 5.88 Å². The summed E-state index contributed by atoms with van der Waals surface area (Å²) >= 11 is -1.80. The number of H-pyrrole nitrogens is 1. The van der Waals surface area contributed by atoms with E-state index in [-0.39, 0.29) is 11.9 Å². The van der Waals surface area contributed by atoms with Crippen molar-refractivity contribution in [3.05, 3.63) is 24.5 Å². The molecule has 3 aromatic heterocycles. The fourth-order valence-electron chi connectivity index (χ4n) is 3.83. The molecule has 30 heavy (non-hydrogen) atoms. The predicted octanol–water partition coefficient (Wildman–Crippen LogP) is 2.21. The van der Waals surface area contributed by atoms with E-state index in [0.29, 0.717) is 30.0 Å². The minimum atomic E-state index is -1.80. The van der Waals surface area contributed by atoms with Crippen molar-refractivity contribution in [2.45, 2.75) is 32.7 Å². The number of anilines is 1. The van der Waals surface area contributed by atoms with E-state index in [2.05, 4.69) is 39.4 Å². The van der Waals surface area contributed by atoms with Gasteiger partial charge >= 0.3 is 0 Å². The van der Waals surface area contributed by atoms with Gasteiger partial charge in [-0.2, -0.15) is 14.6 Å². The largest absolute Gasteiger partial charge is 0.477 e. The number of hydrogen-bond donors (Lipinski definition) is 3. The van der Waals surface area contributed by atoms with Crippen LogP contribution in [-0.2, 0) is 11.1 Å². The lowest BCUT2D eigenvalue weighted by molar-refractivity contribution is 0.194. The summed E-state index contributed by atoms with van der Waals surface area (Å²) in [5, 5.41) is 15.0. The lowest BCUT2D eigenvalue weighted by atomic mass is 9.94. The molecule has 0 radical (unpaired) electrons. The SMILES string of the molecule is CCCOc1c(-c2cn[nH]c2)ccc2nc(N[C@H]3CCN(CS(=O)O)C[C@H]3C)nn12. The monoisotopic (exact) mass is 433 g/mol. The van der Waals surface area contributed by atoms with E-state index in [1.807, 2.05) is 23.2 Å². The Bertz CT molecular complexity index is 1010. The summed E-state index contributed by atoms with van der Waals surface area (Å²) in [6.07, 6.45) is 5.32. The molecule has 3 N–H and O–H groups in total. The number of rotatable bonds is 8. The van der Waals surface area contributed by atoms with Gasteiger partial charge in [-0.05, 0) is 30.9 Å². The van der Waals surface area contributed by atoms with Gasteiger partial charge in [0, 0.05) is 36.5 Å². The zero-order chi connectivity index (χ0) is 21.1. The summed E-state index contributed by atoms with van der Waals surface area (Å²) in [5.41, 5.74) is 2.53. The van der Waals surface area contributed by atoms with Crippen molar-refractivity contribution in [2.24, 2.45) is 5.92 Å². The molecule has 0 aliphatic carbocycles. The molecule has 11 heteroatoms. The van der Waals surface area contributed by atoms with Crippen LogP contribution in [0.25, 0.3) is 16.8 Å². The van der Waals surface area contributed by atoms with Crippen molar-refractivity contribution in [3.63, 3.8) is 0 Å². The predicted molar refractivity (Wildman–Crippen MR) is 115 cm³/mol. The van der Waals surface area contributed by atoms with Gasteiger partial charge in [0.15, 0.2) is 16.7 Å². The molecular weight excluding hydrogens is 406 g/mol. The molecule has 1 fully saturated rings. The number of nitrogens with zero attached hydrogens (tertiary/aromatic N) is 5. The van der Waals surface area contributed by atoms with E-state index < -0.39 is 11.1 Å². The second-order valence-corrected chi connectivity index (χ2v) is 8.54. The number of ether oxygens (including phenoxy) is 1. The zero-order valence-corrected chi connectivity index (χ0v) is 17.9. The number of nitrogens with one attached hydrogen (secondary N) is 2. The molecular formula is C19H27N7O3S. The summed E-state index contributed by atoms with van der Waals surface area (Å²) in [4.78, 5) is 6.65. The van der Waals surface area contributed by atoms with Crippen molar-refractivity contribution in [1.29, 1.82) is 0 Å². The van der Waals surface area contributed by atoms with Crippen LogP contribution in [0.4, 0.5) is 5.95 Å². The Morgan fingerprint density at radius 1 is 1.43 bits per heavy atom. The lowest BCUT2D eigenvalue weighted by Crippen LogP contribution is -2.46. The highest BCUT2D eigenvalue weighted by molar-refractivity contribution is 7.79. The molecule has 0 bridgehead atoms. The minimum absolute atomic E-state index is 0.193. The Morgan fingerprint density at radius 2 is 2.30 bits per heavy atom. The molecule has 1 aliphatic heterocycles. The Hall–Kier alpha value is -2.50. The van der Waals surface area contributed by atoms with Crippen molar-refractivity contribution in [1.82, 2.24) is 29.7 Å². The van der Waals surface area contributed by atoms with Gasteiger partial charge in [-0.15, -0.1) is 5.10 Å². The van der Waals surface area contributed by atoms with Crippen LogP contribution in [-0.4, -0.2) is 70.1 Å². The van der Waals surface area contributed by atoms with E-state index in [1.165, 1.54) is 0 Å². The normalized spacial score (nSPS) is 21.0. The van der Waals surface area contributed by atoms with Crippen molar-refractivity contribution in [2.75, 3.05) is 30.9 Å². The molecule has 162 valence electrons. The molecule has 4 heterocycles. The van der Waals surface area contributed by atoms with Gasteiger partial charge in [-0.25, -0.2) is 4.21 Å². The first kappa shape index (κ1) is 20.8. The quantitative estimate of drug-likeness (QED) is 0.463. The summed E-state index contributed by atoms with van der Waals surface area (Å²) in [6, 6.07) is 4.08. The van der Waals surface area contributed by atoms with Gasteiger partial charge in [-0.1, -0.05) is 13.8 Å². The van der Waals surface area contributed by atoms with Crippen LogP contribution in [0.3, 0.4) is 0 Å². The fourth-order valence-corrected chi connectivity index (χ4v) is 4.37. The Morgan fingerprint density at radius 3 is 3.00 bits per heavy atom. The highest BCUT2D eigenvalue weighted by Gasteiger charge is 2.28. The van der Waals surface area contributed by atoms with Gasteiger partial charge < -0.3 is 14.6 Å². The lowest BCUT2D eigenvalue weighted by Gasteiger charge is -2.36. The maximum absolute atomic E-state index is 11.1. The topological polar surface area (TPSA) is 121 Å². The molecule has 10 nitrogen and oxygen atoms in total. The summed E-state index contributed by atoms with van der Waals surface area (Å²) in [6.45, 7) is 6.29. The van der Waals surface area contributed by atoms with Gasteiger partial charge in [0.05, 0.1) is 12.8 Å². The summed E-state index contributed by atoms with van der Waals surface area (Å²) < 4.78 is 28.0. The molecule has 3 atom stereocenters. The number of pyridine rings is 1. The maximum atomic E-state index is 11.1. The van der Waals surface area contributed by atoms with E-state index >= 15 is 0 Å². The van der Waals surface area contributed by atoms with Crippen molar-refractivity contribution >= 4 is 22.7 Å². The molecule has 4 rings (SSSR count). The molecule has 1 saturated heterocycles. The molecule has 0 spiro atoms. The zero-order valence-electron chi connectivity index (χ0n) is 17.1. The Kier molecular flexibility index (Phi) is 6.30. The first-order chi connectivity index (χ1) is 14.5. The second-order valence-electron chi connectivity index (χ2n) is 7.64. The number of likely N-dealkylation sites (tertiary alicyclic amines) is 1. The highest BCUT2D eigenvalue weighted by Crippen LogP contribution is 2.31. The number of aromatic nitrogens is 5. The third-order valence-corrected chi connectivity index (χ3v) is 5.89. The van der Waals surface area contributed by atoms with Gasteiger partial charge in [0.25, 0.3) is 0 Å². The second kappa shape index (κ2) is 9.11. The van der Waals surface area contributed by atoms with Crippen LogP contribution in [0.2, 0.25) is 0 Å². The maximum Gasteiger partial charge on any atom is 0.243 e. The van der Waals surface area contributed by atoms with Crippen molar-refractivity contribution in [3.8, 4) is 17.0 Å². The van der Waals surface area contributed by atoms with Crippen LogP contribution in [0.1, 0.15) is 26.7 Å². The van der Waals surface area contributed by atoms with Crippen LogP contribution in [0.5, 0.6) is 5.88 Å². The van der Waals surface area contributed by atoms with Gasteiger partial charge in [0.2, 0.25) is 11.8 Å². The fraction of sp³-hybridized carbons (Fsp3) is 0.526. The summed E-state index contributed by atoms with van der Waals surface area (Å²) in [5.74, 6) is 1.69. The van der Waals surface area contributed by atoms with E-state index in [4.69, 9.17) is 9.29 Å². The average Bonchev–Trinajstić information content (AvgIpc) is 3.37. The first-order valence-corrected chi connectivity index (χ1v) is 11.4. The minimum Gasteiger partial charge on any atom is -0.477 e. The first-order valence-electron chi connectivity index (χ1n) is 10.1. The highest BCUT2D eigenvalue weighted by atomic mass is 32.2. The third kappa shape index (κ3) is 4.47. The van der Waals surface area contributed by atoms with Crippen molar-refractivity contribution < 1.29 is 13.5 Å². The molecule has 0 amide bonds. The Labute approximate surface area is 177 Å². The number of piperidine rings is 1. The molecule has 1 aliphatic rings. The van der Waals surface area contributed by atoms with E-state index in [9.17, 15) is 4.21 Å². The molecule has 0 saturated carbocycles.